The topological polar surface area (TPSA) is 65.5 Å². The number of esters is 1. The van der Waals surface area contributed by atoms with Crippen molar-refractivity contribution in [2.24, 2.45) is 0 Å². The second kappa shape index (κ2) is 8.22. The van der Waals surface area contributed by atoms with Crippen molar-refractivity contribution < 1.29 is 27.8 Å². The van der Waals surface area contributed by atoms with E-state index in [1.165, 1.54) is 7.11 Å². The molecule has 0 aliphatic rings. The predicted molar refractivity (Wildman–Crippen MR) is 98.2 cm³/mol. The highest BCUT2D eigenvalue weighted by Gasteiger charge is 2.21. The minimum Gasteiger partial charge on any atom is -0.454 e. The summed E-state index contributed by atoms with van der Waals surface area (Å²) in [6.45, 7) is 1.24. The largest absolute Gasteiger partial charge is 0.454 e. The molecular weight excluding hydrogens is 368 g/mol. The number of para-hydroxylation sites is 1. The van der Waals surface area contributed by atoms with Crippen LogP contribution in [0.3, 0.4) is 0 Å². The Labute approximate surface area is 159 Å². The van der Waals surface area contributed by atoms with E-state index in [1.807, 2.05) is 24.3 Å². The molecule has 0 radical (unpaired) electrons. The molecule has 0 N–H and O–H groups in total. The summed E-state index contributed by atoms with van der Waals surface area (Å²) < 4.78 is 36.5. The maximum atomic E-state index is 13.3. The molecule has 0 atom stereocenters. The fourth-order valence-electron chi connectivity index (χ4n) is 2.91. The monoisotopic (exact) mass is 385 g/mol. The minimum absolute atomic E-state index is 0.0860. The Bertz CT molecular complexity index is 1070. The zero-order valence-corrected chi connectivity index (χ0v) is 15.3. The molecule has 0 saturated carbocycles. The molecule has 144 valence electrons. The number of benzene rings is 2. The number of halogens is 2. The fourth-order valence-corrected chi connectivity index (χ4v) is 2.91. The fraction of sp³-hybridized carbons (Fsp3) is 0.190. The third-order valence-electron chi connectivity index (χ3n) is 4.29. The van der Waals surface area contributed by atoms with Gasteiger partial charge in [0, 0.05) is 18.1 Å². The predicted octanol–water partition coefficient (Wildman–Crippen LogP) is 4.01. The maximum absolute atomic E-state index is 13.3. The quantitative estimate of drug-likeness (QED) is 0.474. The first kappa shape index (κ1) is 19.6. The lowest BCUT2D eigenvalue weighted by atomic mass is 10.0. The van der Waals surface area contributed by atoms with Gasteiger partial charge in [0.15, 0.2) is 24.0 Å². The Balaban J connectivity index is 1.86. The second-order valence-electron chi connectivity index (χ2n) is 6.14. The number of methoxy groups -OCH3 is 1. The van der Waals surface area contributed by atoms with Crippen LogP contribution in [0.5, 0.6) is 0 Å². The smallest absolute Gasteiger partial charge is 0.340 e. The molecule has 0 spiro atoms. The normalized spacial score (nSPS) is 10.9. The summed E-state index contributed by atoms with van der Waals surface area (Å²) in [5, 5.41) is 0.779. The lowest BCUT2D eigenvalue weighted by Crippen LogP contribution is -2.18. The molecule has 3 rings (SSSR count). The molecule has 1 heterocycles. The van der Waals surface area contributed by atoms with Gasteiger partial charge in [-0.3, -0.25) is 4.79 Å². The van der Waals surface area contributed by atoms with Crippen molar-refractivity contribution >= 4 is 22.7 Å². The molecule has 28 heavy (non-hydrogen) atoms. The van der Waals surface area contributed by atoms with Crippen LogP contribution < -0.4 is 0 Å². The molecule has 3 aromatic rings. The molecule has 0 aliphatic carbocycles. The van der Waals surface area contributed by atoms with Crippen LogP contribution >= 0.6 is 0 Å². The SMILES string of the molecule is COCc1nc2ccccc2c(C)c1C(=O)OCC(=O)c1ccc(F)c(F)c1. The first-order valence-corrected chi connectivity index (χ1v) is 8.45. The van der Waals surface area contributed by atoms with Gasteiger partial charge in [-0.25, -0.2) is 18.6 Å². The number of pyridine rings is 1. The zero-order valence-electron chi connectivity index (χ0n) is 15.3. The van der Waals surface area contributed by atoms with Crippen molar-refractivity contribution in [3.05, 3.63) is 76.5 Å². The molecule has 7 heteroatoms. The maximum Gasteiger partial charge on any atom is 0.340 e. The first-order chi connectivity index (χ1) is 13.4. The van der Waals surface area contributed by atoms with Crippen LogP contribution in [0.4, 0.5) is 8.78 Å². The van der Waals surface area contributed by atoms with E-state index in [0.29, 0.717) is 16.8 Å². The summed E-state index contributed by atoms with van der Waals surface area (Å²) in [6, 6.07) is 10.1. The van der Waals surface area contributed by atoms with E-state index in [1.54, 1.807) is 6.92 Å². The number of Topliss-reactive ketones (excluding diaryl/α,β-unsaturated/α-hetero) is 1. The molecule has 0 unspecified atom stereocenters. The number of rotatable bonds is 6. The van der Waals surface area contributed by atoms with Gasteiger partial charge >= 0.3 is 5.97 Å². The number of hydrogen-bond donors (Lipinski definition) is 0. The lowest BCUT2D eigenvalue weighted by molar-refractivity contribution is 0.0469. The summed E-state index contributed by atoms with van der Waals surface area (Å²) >= 11 is 0. The Kier molecular flexibility index (Phi) is 5.75. The minimum atomic E-state index is -1.14. The van der Waals surface area contributed by atoms with Crippen LogP contribution in [0.15, 0.2) is 42.5 Å². The van der Waals surface area contributed by atoms with Gasteiger partial charge in [-0.15, -0.1) is 0 Å². The van der Waals surface area contributed by atoms with E-state index in [-0.39, 0.29) is 17.7 Å². The number of carbonyl (C=O) groups excluding carboxylic acids is 2. The first-order valence-electron chi connectivity index (χ1n) is 8.45. The number of ketones is 1. The number of fused-ring (bicyclic) bond motifs is 1. The molecular formula is C21H17F2NO4. The van der Waals surface area contributed by atoms with Gasteiger partial charge < -0.3 is 9.47 Å². The average molecular weight is 385 g/mol. The number of carbonyl (C=O) groups is 2. The zero-order chi connectivity index (χ0) is 20.3. The van der Waals surface area contributed by atoms with E-state index in [0.717, 1.165) is 23.6 Å². The highest BCUT2D eigenvalue weighted by atomic mass is 19.2. The average Bonchev–Trinajstić information content (AvgIpc) is 2.68. The summed E-state index contributed by atoms with van der Waals surface area (Å²) in [5.74, 6) is -3.59. The van der Waals surface area contributed by atoms with Gasteiger partial charge in [-0.1, -0.05) is 18.2 Å². The summed E-state index contributed by atoms with van der Waals surface area (Å²) in [7, 11) is 1.48. The van der Waals surface area contributed by atoms with Crippen molar-refractivity contribution in [3.63, 3.8) is 0 Å². The summed E-state index contributed by atoms with van der Waals surface area (Å²) in [5.41, 5.74) is 1.89. The highest BCUT2D eigenvalue weighted by Crippen LogP contribution is 2.24. The van der Waals surface area contributed by atoms with Gasteiger partial charge in [0.2, 0.25) is 0 Å². The number of nitrogens with zero attached hydrogens (tertiary/aromatic N) is 1. The van der Waals surface area contributed by atoms with Crippen molar-refractivity contribution in [1.29, 1.82) is 0 Å². The van der Waals surface area contributed by atoms with E-state index in [9.17, 15) is 18.4 Å². The summed E-state index contributed by atoms with van der Waals surface area (Å²) in [6.07, 6.45) is 0. The molecule has 5 nitrogen and oxygen atoms in total. The van der Waals surface area contributed by atoms with E-state index >= 15 is 0 Å². The molecule has 0 saturated heterocycles. The Morgan fingerprint density at radius 3 is 2.54 bits per heavy atom. The molecule has 0 bridgehead atoms. The molecule has 0 amide bonds. The summed E-state index contributed by atoms with van der Waals surface area (Å²) in [4.78, 5) is 29.3. The Morgan fingerprint density at radius 2 is 1.82 bits per heavy atom. The van der Waals surface area contributed by atoms with Crippen LogP contribution in [0, 0.1) is 18.6 Å². The highest BCUT2D eigenvalue weighted by molar-refractivity contribution is 6.01. The van der Waals surface area contributed by atoms with Crippen LogP contribution in [-0.4, -0.2) is 30.5 Å². The molecule has 0 fully saturated rings. The van der Waals surface area contributed by atoms with Crippen molar-refractivity contribution in [2.45, 2.75) is 13.5 Å². The van der Waals surface area contributed by atoms with Crippen molar-refractivity contribution in [3.8, 4) is 0 Å². The Morgan fingerprint density at radius 1 is 1.07 bits per heavy atom. The van der Waals surface area contributed by atoms with E-state index in [2.05, 4.69) is 4.98 Å². The van der Waals surface area contributed by atoms with Gasteiger partial charge in [0.25, 0.3) is 0 Å². The standard InChI is InChI=1S/C21H17F2NO4/c1-12-14-5-3-4-6-17(14)24-18(10-27-2)20(12)21(26)28-11-19(25)13-7-8-15(22)16(23)9-13/h3-9H,10-11H2,1-2H3. The second-order valence-corrected chi connectivity index (χ2v) is 6.14. The van der Waals surface area contributed by atoms with Crippen LogP contribution in [0.2, 0.25) is 0 Å². The van der Waals surface area contributed by atoms with Gasteiger partial charge in [-0.2, -0.15) is 0 Å². The van der Waals surface area contributed by atoms with Crippen molar-refractivity contribution in [1.82, 2.24) is 4.98 Å². The number of aryl methyl sites for hydroxylation is 1. The Hall–Kier alpha value is -3.19. The van der Waals surface area contributed by atoms with Crippen LogP contribution in [-0.2, 0) is 16.1 Å². The molecule has 2 aromatic carbocycles. The van der Waals surface area contributed by atoms with Gasteiger partial charge in [-0.05, 0) is 36.8 Å². The number of hydrogen-bond acceptors (Lipinski definition) is 5. The number of ether oxygens (including phenoxy) is 2. The third kappa shape index (κ3) is 3.89. The lowest BCUT2D eigenvalue weighted by Gasteiger charge is -2.13. The van der Waals surface area contributed by atoms with Crippen LogP contribution in [0.25, 0.3) is 10.9 Å². The third-order valence-corrected chi connectivity index (χ3v) is 4.29. The van der Waals surface area contributed by atoms with E-state index in [4.69, 9.17) is 9.47 Å². The number of aromatic nitrogens is 1. The van der Waals surface area contributed by atoms with Gasteiger partial charge in [0.05, 0.1) is 23.4 Å². The molecule has 1 aromatic heterocycles. The van der Waals surface area contributed by atoms with Crippen LogP contribution in [0.1, 0.15) is 32.0 Å². The van der Waals surface area contributed by atoms with E-state index < -0.39 is 30.0 Å². The van der Waals surface area contributed by atoms with Gasteiger partial charge in [0.1, 0.15) is 0 Å². The van der Waals surface area contributed by atoms with Crippen molar-refractivity contribution in [2.75, 3.05) is 13.7 Å². The molecule has 0 aliphatic heterocycles.